The molecule has 5 nitrogen and oxygen atoms in total. The first-order valence-corrected chi connectivity index (χ1v) is 7.65. The van der Waals surface area contributed by atoms with Crippen LogP contribution in [0, 0.1) is 6.92 Å². The van der Waals surface area contributed by atoms with Crippen LogP contribution in [0.1, 0.15) is 42.6 Å². The van der Waals surface area contributed by atoms with E-state index >= 15 is 0 Å². The number of hydrogen-bond donors (Lipinski definition) is 2. The van der Waals surface area contributed by atoms with Crippen molar-refractivity contribution in [2.24, 2.45) is 5.84 Å². The number of nitrogens with zero attached hydrogens (tertiary/aromatic N) is 2. The average molecular weight is 341 g/mol. The van der Waals surface area contributed by atoms with Gasteiger partial charge in [0.25, 0.3) is 0 Å². The Morgan fingerprint density at radius 2 is 2.25 bits per heavy atom. The molecule has 6 heteroatoms. The van der Waals surface area contributed by atoms with Crippen molar-refractivity contribution in [2.75, 3.05) is 0 Å². The third-order valence-corrected chi connectivity index (χ3v) is 4.36. The van der Waals surface area contributed by atoms with Gasteiger partial charge in [0, 0.05) is 18.5 Å². The maximum atomic E-state index is 5.71. The lowest BCUT2D eigenvalue weighted by Gasteiger charge is -2.15. The molecular weight excluding hydrogens is 320 g/mol. The fourth-order valence-electron chi connectivity index (χ4n) is 2.33. The van der Waals surface area contributed by atoms with Crippen LogP contribution in [0.25, 0.3) is 0 Å². The smallest absolute Gasteiger partial charge is 0.101 e. The molecule has 0 saturated carbocycles. The molecule has 2 heterocycles. The van der Waals surface area contributed by atoms with E-state index in [0.717, 1.165) is 46.6 Å². The van der Waals surface area contributed by atoms with Crippen LogP contribution in [0.3, 0.4) is 0 Å². The van der Waals surface area contributed by atoms with Gasteiger partial charge >= 0.3 is 0 Å². The number of hydrogen-bond acceptors (Lipinski definition) is 4. The van der Waals surface area contributed by atoms with Gasteiger partial charge in [-0.3, -0.25) is 16.0 Å². The number of hydrazine groups is 1. The van der Waals surface area contributed by atoms with Crippen LogP contribution in [0.5, 0.6) is 0 Å². The minimum absolute atomic E-state index is 0.00968. The quantitative estimate of drug-likeness (QED) is 0.626. The largest absolute Gasteiger partial charge is 0.469 e. The minimum Gasteiger partial charge on any atom is -0.469 e. The number of nitrogens with one attached hydrogen (secondary N) is 1. The highest BCUT2D eigenvalue weighted by atomic mass is 79.9. The van der Waals surface area contributed by atoms with Gasteiger partial charge < -0.3 is 4.42 Å². The van der Waals surface area contributed by atoms with Crippen molar-refractivity contribution in [3.8, 4) is 0 Å². The maximum absolute atomic E-state index is 5.71. The predicted octanol–water partition coefficient (Wildman–Crippen LogP) is 2.88. The number of nitrogens with two attached hydrogens (primary N) is 1. The van der Waals surface area contributed by atoms with Crippen molar-refractivity contribution in [2.45, 2.75) is 46.2 Å². The molecular formula is C14H21BrN4O. The number of rotatable bonds is 6. The van der Waals surface area contributed by atoms with Crippen LogP contribution < -0.4 is 11.3 Å². The van der Waals surface area contributed by atoms with Gasteiger partial charge in [0.2, 0.25) is 0 Å². The first kappa shape index (κ1) is 15.3. The molecule has 0 aromatic carbocycles. The molecule has 0 spiro atoms. The first-order chi connectivity index (χ1) is 9.60. The minimum atomic E-state index is 0.00968. The topological polar surface area (TPSA) is 69.0 Å². The Morgan fingerprint density at radius 3 is 2.75 bits per heavy atom. The summed E-state index contributed by atoms with van der Waals surface area (Å²) in [6.45, 7) is 6.97. The van der Waals surface area contributed by atoms with Crippen LogP contribution in [0.2, 0.25) is 0 Å². The Bertz CT molecular complexity index is 576. The summed E-state index contributed by atoms with van der Waals surface area (Å²) in [7, 11) is 0. The highest BCUT2D eigenvalue weighted by Gasteiger charge is 2.20. The van der Waals surface area contributed by atoms with Crippen LogP contribution in [-0.2, 0) is 19.4 Å². The molecule has 1 unspecified atom stereocenters. The van der Waals surface area contributed by atoms with E-state index in [2.05, 4.69) is 40.3 Å². The van der Waals surface area contributed by atoms with E-state index < -0.39 is 0 Å². The van der Waals surface area contributed by atoms with Gasteiger partial charge in [-0.05, 0) is 42.3 Å². The lowest BCUT2D eigenvalue weighted by Crippen LogP contribution is -2.30. The molecule has 2 aromatic heterocycles. The summed E-state index contributed by atoms with van der Waals surface area (Å²) in [5.41, 5.74) is 6.16. The second kappa shape index (κ2) is 6.56. The Labute approximate surface area is 127 Å². The van der Waals surface area contributed by atoms with Crippen LogP contribution >= 0.6 is 15.9 Å². The fraction of sp³-hybridized carbons (Fsp3) is 0.500. The van der Waals surface area contributed by atoms with Crippen LogP contribution in [0.15, 0.2) is 21.2 Å². The molecule has 110 valence electrons. The van der Waals surface area contributed by atoms with E-state index in [1.165, 1.54) is 0 Å². The third-order valence-electron chi connectivity index (χ3n) is 3.45. The van der Waals surface area contributed by atoms with Gasteiger partial charge in [-0.15, -0.1) is 0 Å². The van der Waals surface area contributed by atoms with Gasteiger partial charge in [-0.1, -0.05) is 6.92 Å². The molecule has 2 rings (SSSR count). The zero-order chi connectivity index (χ0) is 14.7. The summed E-state index contributed by atoms with van der Waals surface area (Å²) >= 11 is 3.66. The molecule has 0 bridgehead atoms. The Morgan fingerprint density at radius 1 is 1.50 bits per heavy atom. The number of aryl methyl sites for hydroxylation is 3. The van der Waals surface area contributed by atoms with Crippen molar-refractivity contribution >= 4 is 15.9 Å². The van der Waals surface area contributed by atoms with Gasteiger partial charge in [0.1, 0.15) is 5.76 Å². The van der Waals surface area contributed by atoms with Gasteiger partial charge in [0.15, 0.2) is 0 Å². The molecule has 0 fully saturated rings. The Kier molecular flexibility index (Phi) is 5.01. The van der Waals surface area contributed by atoms with Crippen molar-refractivity contribution in [1.82, 2.24) is 15.2 Å². The van der Waals surface area contributed by atoms with E-state index in [0.29, 0.717) is 0 Å². The summed E-state index contributed by atoms with van der Waals surface area (Å²) in [6, 6.07) is 2.02. The lowest BCUT2D eigenvalue weighted by molar-refractivity contribution is 0.497. The molecule has 0 radical (unpaired) electrons. The summed E-state index contributed by atoms with van der Waals surface area (Å²) in [4.78, 5) is 0. The highest BCUT2D eigenvalue weighted by Crippen LogP contribution is 2.27. The molecule has 0 aliphatic heterocycles. The van der Waals surface area contributed by atoms with Crippen molar-refractivity contribution in [1.29, 1.82) is 0 Å². The second-order valence-corrected chi connectivity index (χ2v) is 5.58. The molecule has 0 saturated heterocycles. The highest BCUT2D eigenvalue weighted by molar-refractivity contribution is 9.10. The predicted molar refractivity (Wildman–Crippen MR) is 82.2 cm³/mol. The monoisotopic (exact) mass is 340 g/mol. The third kappa shape index (κ3) is 2.97. The molecule has 3 N–H and O–H groups in total. The second-order valence-electron chi connectivity index (χ2n) is 4.79. The molecule has 1 atom stereocenters. The van der Waals surface area contributed by atoms with E-state index in [1.807, 2.05) is 17.7 Å². The SMILES string of the molecule is CCc1nn(CC)c(CC(NN)c2coc(C)c2)c1Br. The van der Waals surface area contributed by atoms with E-state index in [-0.39, 0.29) is 6.04 Å². The van der Waals surface area contributed by atoms with E-state index in [9.17, 15) is 0 Å². The van der Waals surface area contributed by atoms with Crippen molar-refractivity contribution < 1.29 is 4.42 Å². The number of halogens is 1. The normalized spacial score (nSPS) is 12.8. The van der Waals surface area contributed by atoms with Crippen LogP contribution in [0.4, 0.5) is 0 Å². The number of furan rings is 1. The van der Waals surface area contributed by atoms with Crippen LogP contribution in [-0.4, -0.2) is 9.78 Å². The Hall–Kier alpha value is -1.11. The first-order valence-electron chi connectivity index (χ1n) is 6.85. The summed E-state index contributed by atoms with van der Waals surface area (Å²) in [6.07, 6.45) is 3.42. The summed E-state index contributed by atoms with van der Waals surface area (Å²) in [5, 5.41) is 4.61. The molecule has 2 aromatic rings. The molecule has 0 aliphatic rings. The van der Waals surface area contributed by atoms with E-state index in [4.69, 9.17) is 10.3 Å². The fourth-order valence-corrected chi connectivity index (χ4v) is 3.05. The maximum Gasteiger partial charge on any atom is 0.101 e. The molecule has 0 aliphatic carbocycles. The standard InChI is InChI=1S/C14H21BrN4O/c1-4-11-14(15)13(19(5-2)18-11)7-12(17-16)10-6-9(3)20-8-10/h6,8,12,17H,4-5,7,16H2,1-3H3. The van der Waals surface area contributed by atoms with Gasteiger partial charge in [-0.25, -0.2) is 0 Å². The van der Waals surface area contributed by atoms with Gasteiger partial charge in [0.05, 0.1) is 28.2 Å². The lowest BCUT2D eigenvalue weighted by atomic mass is 10.0. The van der Waals surface area contributed by atoms with Crippen molar-refractivity contribution in [3.05, 3.63) is 39.5 Å². The Balaban J connectivity index is 2.29. The summed E-state index contributed by atoms with van der Waals surface area (Å²) in [5.74, 6) is 6.59. The average Bonchev–Trinajstić information content (AvgIpc) is 3.00. The molecule has 20 heavy (non-hydrogen) atoms. The molecule has 0 amide bonds. The van der Waals surface area contributed by atoms with Gasteiger partial charge in [-0.2, -0.15) is 5.10 Å². The zero-order valence-electron chi connectivity index (χ0n) is 12.1. The van der Waals surface area contributed by atoms with E-state index in [1.54, 1.807) is 6.26 Å². The number of aromatic nitrogens is 2. The zero-order valence-corrected chi connectivity index (χ0v) is 13.7. The van der Waals surface area contributed by atoms with Crippen molar-refractivity contribution in [3.63, 3.8) is 0 Å². The summed E-state index contributed by atoms with van der Waals surface area (Å²) < 4.78 is 8.48.